The standard InChI is InChI=1S/C13H10OS.C7H6O2S.I2S/c14-13(10-6-2-1-3-7-10)11-8-4-5-9-12(11)15;8-7(9)5-3-1-2-4-6(5)10;1-3-2/h1-9,15H;1-4,10H,(H,8,9);. The first-order chi connectivity index (χ1) is 13.4. The molecule has 0 atom stereocenters. The van der Waals surface area contributed by atoms with Crippen LogP contribution in [0.5, 0.6) is 0 Å². The molecule has 0 saturated heterocycles. The molecule has 0 fully saturated rings. The van der Waals surface area contributed by atoms with Gasteiger partial charge in [-0.25, -0.2) is 4.79 Å². The number of thiol groups is 2. The van der Waals surface area contributed by atoms with Crippen LogP contribution in [0.25, 0.3) is 0 Å². The van der Waals surface area contributed by atoms with Crippen molar-refractivity contribution >= 4 is 85.5 Å². The molecule has 1 N–H and O–H groups in total. The number of carbonyl (C=O) groups is 2. The predicted molar refractivity (Wildman–Crippen MR) is 140 cm³/mol. The number of ketones is 1. The Morgan fingerprint density at radius 3 is 1.50 bits per heavy atom. The molecule has 3 rings (SSSR count). The third kappa shape index (κ3) is 8.76. The summed E-state index contributed by atoms with van der Waals surface area (Å²) in [5.74, 6) is -0.924. The summed E-state index contributed by atoms with van der Waals surface area (Å²) in [6.07, 6.45) is 1.69. The molecule has 28 heavy (non-hydrogen) atoms. The normalized spacial score (nSPS) is 9.29. The molecule has 0 aliphatic carbocycles. The average Bonchev–Trinajstić information content (AvgIpc) is 2.70. The van der Waals surface area contributed by atoms with Crippen LogP contribution < -0.4 is 0 Å². The van der Waals surface area contributed by atoms with E-state index in [0.717, 1.165) is 0 Å². The molecule has 0 amide bonds. The van der Waals surface area contributed by atoms with Crippen LogP contribution in [0.15, 0.2) is 88.7 Å². The van der Waals surface area contributed by atoms with E-state index < -0.39 is 5.97 Å². The number of halogens is 2. The monoisotopic (exact) mass is 654 g/mol. The van der Waals surface area contributed by atoms with Crippen molar-refractivity contribution in [2.75, 3.05) is 0 Å². The lowest BCUT2D eigenvalue weighted by atomic mass is 10.0. The number of benzene rings is 3. The summed E-state index contributed by atoms with van der Waals surface area (Å²) < 4.78 is 0. The van der Waals surface area contributed by atoms with E-state index in [0.29, 0.717) is 20.9 Å². The van der Waals surface area contributed by atoms with Crippen molar-refractivity contribution in [3.63, 3.8) is 0 Å². The average molecular weight is 654 g/mol. The van der Waals surface area contributed by atoms with Gasteiger partial charge < -0.3 is 5.11 Å². The van der Waals surface area contributed by atoms with Crippen molar-refractivity contribution in [2.45, 2.75) is 9.79 Å². The summed E-state index contributed by atoms with van der Waals surface area (Å²) in [5, 5.41) is 8.52. The van der Waals surface area contributed by atoms with Gasteiger partial charge in [0.05, 0.1) is 5.56 Å². The minimum atomic E-state index is -0.939. The Labute approximate surface area is 203 Å². The zero-order valence-electron chi connectivity index (χ0n) is 14.3. The summed E-state index contributed by atoms with van der Waals surface area (Å²) in [5.41, 5.74) is 1.58. The van der Waals surface area contributed by atoms with E-state index in [9.17, 15) is 9.59 Å². The highest BCUT2D eigenvalue weighted by Gasteiger charge is 2.10. The van der Waals surface area contributed by atoms with Crippen LogP contribution in [0.2, 0.25) is 0 Å². The van der Waals surface area contributed by atoms with E-state index >= 15 is 0 Å². The fraction of sp³-hybridized carbons (Fsp3) is 0. The van der Waals surface area contributed by atoms with Crippen molar-refractivity contribution in [2.24, 2.45) is 0 Å². The van der Waals surface area contributed by atoms with Crippen molar-refractivity contribution in [1.82, 2.24) is 0 Å². The van der Waals surface area contributed by atoms with Crippen LogP contribution >= 0.6 is 73.8 Å². The molecule has 0 saturated carbocycles. The summed E-state index contributed by atoms with van der Waals surface area (Å²) in [4.78, 5) is 23.6. The maximum absolute atomic E-state index is 12.0. The lowest BCUT2D eigenvalue weighted by Gasteiger charge is -2.03. The summed E-state index contributed by atoms with van der Waals surface area (Å²) in [6, 6.07) is 23.1. The number of hydrogen-bond donors (Lipinski definition) is 3. The molecule has 0 heterocycles. The van der Waals surface area contributed by atoms with Crippen molar-refractivity contribution < 1.29 is 14.7 Å². The summed E-state index contributed by atoms with van der Waals surface area (Å²) in [6.45, 7) is 0. The zero-order chi connectivity index (χ0) is 20.9. The van der Waals surface area contributed by atoms with E-state index in [4.69, 9.17) is 5.11 Å². The molecule has 8 heteroatoms. The highest BCUT2D eigenvalue weighted by molar-refractivity contribution is 14.3. The minimum Gasteiger partial charge on any atom is -0.478 e. The van der Waals surface area contributed by atoms with E-state index in [1.165, 1.54) is 6.07 Å². The fourth-order valence-corrected chi connectivity index (χ4v) is 2.58. The lowest BCUT2D eigenvalue weighted by Crippen LogP contribution is -2.01. The maximum Gasteiger partial charge on any atom is 0.336 e. The third-order valence-corrected chi connectivity index (χ3v) is 4.10. The molecule has 0 aliphatic heterocycles. The number of hydrogen-bond acceptors (Lipinski definition) is 5. The third-order valence-electron chi connectivity index (χ3n) is 3.32. The summed E-state index contributed by atoms with van der Waals surface area (Å²) >= 11 is 12.6. The second-order valence-corrected chi connectivity index (χ2v) is 13.9. The van der Waals surface area contributed by atoms with Crippen LogP contribution in [0.1, 0.15) is 26.3 Å². The Hall–Kier alpha value is -0.690. The molecular formula is C20H16I2O3S3. The van der Waals surface area contributed by atoms with Gasteiger partial charge in [-0.15, -0.1) is 25.3 Å². The van der Waals surface area contributed by atoms with Crippen LogP contribution in [0, 0.1) is 0 Å². The number of rotatable bonds is 3. The Kier molecular flexibility index (Phi) is 13.0. The number of carboxylic acid groups (broad SMARTS) is 1. The zero-order valence-corrected chi connectivity index (χ0v) is 21.2. The van der Waals surface area contributed by atoms with Gasteiger partial charge in [-0.1, -0.05) is 54.6 Å². The summed E-state index contributed by atoms with van der Waals surface area (Å²) in [7, 11) is 0. The lowest BCUT2D eigenvalue weighted by molar-refractivity contribution is 0.0693. The van der Waals surface area contributed by atoms with Gasteiger partial charge in [0.1, 0.15) is 0 Å². The Morgan fingerprint density at radius 2 is 1.11 bits per heavy atom. The molecule has 3 nitrogen and oxygen atoms in total. The molecule has 0 aromatic heterocycles. The smallest absolute Gasteiger partial charge is 0.336 e. The number of carbonyl (C=O) groups excluding carboxylic acids is 1. The van der Waals surface area contributed by atoms with Gasteiger partial charge in [0.2, 0.25) is 0 Å². The topological polar surface area (TPSA) is 54.4 Å². The van der Waals surface area contributed by atoms with Crippen LogP contribution in [-0.2, 0) is 0 Å². The first-order valence-corrected chi connectivity index (χ1v) is 14.5. The second kappa shape index (κ2) is 14.3. The van der Waals surface area contributed by atoms with Crippen LogP contribution in [0.4, 0.5) is 0 Å². The Balaban J connectivity index is 0.000000261. The maximum atomic E-state index is 12.0. The highest BCUT2D eigenvalue weighted by atomic mass is 127. The van der Waals surface area contributed by atoms with Gasteiger partial charge in [0.25, 0.3) is 0 Å². The van der Waals surface area contributed by atoms with Gasteiger partial charge in [-0.2, -0.15) is 0 Å². The van der Waals surface area contributed by atoms with E-state index in [1.807, 2.05) is 48.5 Å². The van der Waals surface area contributed by atoms with Gasteiger partial charge >= 0.3 is 5.97 Å². The number of carboxylic acids is 1. The predicted octanol–water partition coefficient (Wildman–Crippen LogP) is 7.30. The molecule has 0 spiro atoms. The highest BCUT2D eigenvalue weighted by Crippen LogP contribution is 2.19. The largest absolute Gasteiger partial charge is 0.478 e. The van der Waals surface area contributed by atoms with Crippen LogP contribution in [-0.4, -0.2) is 16.9 Å². The van der Waals surface area contributed by atoms with Crippen molar-refractivity contribution in [1.29, 1.82) is 0 Å². The molecule has 0 bridgehead atoms. The fourth-order valence-electron chi connectivity index (χ4n) is 2.07. The molecule has 0 unspecified atom stereocenters. The second-order valence-electron chi connectivity index (χ2n) is 5.09. The van der Waals surface area contributed by atoms with E-state index in [-0.39, 0.29) is 11.3 Å². The minimum absolute atomic E-state index is 0.0150. The van der Waals surface area contributed by atoms with Crippen molar-refractivity contribution in [3.8, 4) is 0 Å². The van der Waals surface area contributed by atoms with Crippen molar-refractivity contribution in [3.05, 3.63) is 95.6 Å². The molecule has 3 aromatic carbocycles. The van der Waals surface area contributed by atoms with Gasteiger partial charge in [0.15, 0.2) is 5.78 Å². The number of aromatic carboxylic acids is 1. The SMILES string of the molecule is ISI.O=C(O)c1ccccc1S.O=C(c1ccccc1)c1ccccc1S. The molecule has 0 aliphatic rings. The first kappa shape index (κ1) is 25.3. The quantitative estimate of drug-likeness (QED) is 0.158. The molecule has 0 radical (unpaired) electrons. The first-order valence-electron chi connectivity index (χ1n) is 7.70. The van der Waals surface area contributed by atoms with E-state index in [2.05, 4.69) is 67.7 Å². The molecule has 146 valence electrons. The van der Waals surface area contributed by atoms with Gasteiger partial charge in [-0.05, 0) is 30.4 Å². The van der Waals surface area contributed by atoms with Gasteiger partial charge in [0, 0.05) is 63.3 Å². The van der Waals surface area contributed by atoms with E-state index in [1.54, 1.807) is 30.4 Å². The molecular weight excluding hydrogens is 638 g/mol. The Bertz CT molecular complexity index is 906. The Morgan fingerprint density at radius 1 is 0.714 bits per heavy atom. The molecule has 3 aromatic rings. The van der Waals surface area contributed by atoms with Gasteiger partial charge in [-0.3, -0.25) is 4.79 Å². The van der Waals surface area contributed by atoms with Crippen LogP contribution in [0.3, 0.4) is 0 Å².